The molecule has 4 nitrogen and oxygen atoms in total. The number of carboxylic acids is 1. The van der Waals surface area contributed by atoms with Gasteiger partial charge >= 0.3 is 5.97 Å². The predicted octanol–water partition coefficient (Wildman–Crippen LogP) is 0.853. The van der Waals surface area contributed by atoms with Gasteiger partial charge in [-0.1, -0.05) is 6.92 Å². The van der Waals surface area contributed by atoms with E-state index in [2.05, 4.69) is 0 Å². The molecule has 0 aromatic rings. The zero-order valence-electron chi connectivity index (χ0n) is 8.98. The largest absolute Gasteiger partial charge is 0.597 e. The highest BCUT2D eigenvalue weighted by molar-refractivity contribution is 7.90. The lowest BCUT2D eigenvalue weighted by atomic mass is 9.94. The maximum absolute atomic E-state index is 11.9. The Morgan fingerprint density at radius 1 is 1.57 bits per heavy atom. The standard InChI is InChI=1S/C9H17NO3S/c1-6-5-10(7(6)8(11)12)14(13)9(2,3)4/h6-7H,5H2,1-4H3,(H,11,12)/t6-,7-,14?/m0/s1. The van der Waals surface area contributed by atoms with Gasteiger partial charge in [-0.3, -0.25) is 4.79 Å². The van der Waals surface area contributed by atoms with Crippen LogP contribution in [0.2, 0.25) is 0 Å². The van der Waals surface area contributed by atoms with Gasteiger partial charge in [-0.2, -0.15) is 0 Å². The number of hydrogen-bond acceptors (Lipinski definition) is 3. The Labute approximate surface area is 87.6 Å². The van der Waals surface area contributed by atoms with Crippen LogP contribution in [0.1, 0.15) is 27.7 Å². The number of rotatable bonds is 2. The summed E-state index contributed by atoms with van der Waals surface area (Å²) in [4.78, 5) is 10.9. The number of hydrogen-bond donors (Lipinski definition) is 1. The molecule has 1 aliphatic heterocycles. The van der Waals surface area contributed by atoms with Gasteiger partial charge in [0.05, 0.1) is 6.54 Å². The lowest BCUT2D eigenvalue weighted by molar-refractivity contribution is -0.147. The van der Waals surface area contributed by atoms with E-state index in [0.29, 0.717) is 6.54 Å². The van der Waals surface area contributed by atoms with Crippen LogP contribution in [0, 0.1) is 5.92 Å². The van der Waals surface area contributed by atoms with E-state index < -0.39 is 23.4 Å². The second kappa shape index (κ2) is 3.72. The minimum absolute atomic E-state index is 0.0961. The zero-order valence-corrected chi connectivity index (χ0v) is 9.80. The Balaban J connectivity index is 2.68. The van der Waals surface area contributed by atoms with Crippen LogP contribution < -0.4 is 0 Å². The van der Waals surface area contributed by atoms with E-state index in [1.54, 1.807) is 4.31 Å². The summed E-state index contributed by atoms with van der Waals surface area (Å²) in [6.07, 6.45) is 0. The van der Waals surface area contributed by atoms with Crippen molar-refractivity contribution in [2.45, 2.75) is 38.5 Å². The molecule has 1 aliphatic rings. The normalized spacial score (nSPS) is 30.9. The molecule has 0 aromatic heterocycles. The summed E-state index contributed by atoms with van der Waals surface area (Å²) in [5.41, 5.74) is 0. The van der Waals surface area contributed by atoms with E-state index in [4.69, 9.17) is 5.11 Å². The van der Waals surface area contributed by atoms with Gasteiger partial charge in [0.2, 0.25) is 0 Å². The third-order valence-electron chi connectivity index (χ3n) is 2.31. The van der Waals surface area contributed by atoms with E-state index in [0.717, 1.165) is 0 Å². The molecule has 1 unspecified atom stereocenters. The fourth-order valence-corrected chi connectivity index (χ4v) is 3.11. The first-order chi connectivity index (χ1) is 6.25. The molecule has 0 aromatic carbocycles. The van der Waals surface area contributed by atoms with Crippen LogP contribution >= 0.6 is 0 Å². The number of nitrogens with zero attached hydrogens (tertiary/aromatic N) is 1. The van der Waals surface area contributed by atoms with Gasteiger partial charge in [-0.15, -0.1) is 4.31 Å². The Kier molecular flexibility index (Phi) is 3.13. The first kappa shape index (κ1) is 11.8. The molecule has 1 N–H and O–H groups in total. The zero-order chi connectivity index (χ0) is 11.1. The molecule has 0 spiro atoms. The molecule has 0 aliphatic carbocycles. The third-order valence-corrected chi connectivity index (χ3v) is 4.16. The molecule has 0 amide bonds. The van der Waals surface area contributed by atoms with Gasteiger partial charge in [0.15, 0.2) is 6.04 Å². The van der Waals surface area contributed by atoms with Gasteiger partial charge in [0, 0.05) is 17.3 Å². The summed E-state index contributed by atoms with van der Waals surface area (Å²) >= 11 is -1.21. The lowest BCUT2D eigenvalue weighted by Crippen LogP contribution is -2.63. The first-order valence-corrected chi connectivity index (χ1v) is 5.77. The Morgan fingerprint density at radius 3 is 2.36 bits per heavy atom. The van der Waals surface area contributed by atoms with E-state index in [-0.39, 0.29) is 10.7 Å². The van der Waals surface area contributed by atoms with Gasteiger partial charge < -0.3 is 9.66 Å². The summed E-state index contributed by atoms with van der Waals surface area (Å²) in [6, 6.07) is -0.574. The van der Waals surface area contributed by atoms with E-state index in [9.17, 15) is 9.35 Å². The molecular formula is C9H17NO3S. The Morgan fingerprint density at radius 2 is 2.07 bits per heavy atom. The second-order valence-electron chi connectivity index (χ2n) is 4.72. The fraction of sp³-hybridized carbons (Fsp3) is 0.889. The SMILES string of the molecule is C[C@H]1CN([S+]([O-])C(C)(C)C)[C@@H]1C(=O)O. The molecule has 0 radical (unpaired) electrons. The maximum atomic E-state index is 11.9. The van der Waals surface area contributed by atoms with Crippen LogP contribution in [0.15, 0.2) is 0 Å². The summed E-state index contributed by atoms with van der Waals surface area (Å²) in [6.45, 7) is 8.04. The van der Waals surface area contributed by atoms with Crippen LogP contribution in [0.5, 0.6) is 0 Å². The number of aliphatic carboxylic acids is 1. The third kappa shape index (κ3) is 2.04. The van der Waals surface area contributed by atoms with Crippen LogP contribution in [0.4, 0.5) is 0 Å². The maximum Gasteiger partial charge on any atom is 0.325 e. The summed E-state index contributed by atoms with van der Waals surface area (Å²) < 4.78 is 13.1. The molecule has 82 valence electrons. The van der Waals surface area contributed by atoms with Crippen LogP contribution in [0.3, 0.4) is 0 Å². The average molecular weight is 219 g/mol. The quantitative estimate of drug-likeness (QED) is 0.699. The van der Waals surface area contributed by atoms with Gasteiger partial charge in [0.25, 0.3) is 0 Å². The smallest absolute Gasteiger partial charge is 0.325 e. The van der Waals surface area contributed by atoms with E-state index in [1.165, 1.54) is 0 Å². The van der Waals surface area contributed by atoms with Crippen LogP contribution in [-0.2, 0) is 16.2 Å². The van der Waals surface area contributed by atoms with E-state index in [1.807, 2.05) is 27.7 Å². The molecule has 14 heavy (non-hydrogen) atoms. The Bertz CT molecular complexity index is 239. The van der Waals surface area contributed by atoms with Crippen molar-refractivity contribution in [2.75, 3.05) is 6.54 Å². The second-order valence-corrected chi connectivity index (χ2v) is 6.91. The molecular weight excluding hydrogens is 202 g/mol. The first-order valence-electron chi connectivity index (χ1n) is 4.66. The van der Waals surface area contributed by atoms with Crippen LogP contribution in [0.25, 0.3) is 0 Å². The van der Waals surface area contributed by atoms with Crippen molar-refractivity contribution in [3.05, 3.63) is 0 Å². The van der Waals surface area contributed by atoms with Crippen molar-refractivity contribution < 1.29 is 14.5 Å². The van der Waals surface area contributed by atoms with Crippen molar-refractivity contribution in [3.8, 4) is 0 Å². The van der Waals surface area contributed by atoms with Crippen molar-refractivity contribution in [1.29, 1.82) is 0 Å². The molecule has 1 rings (SSSR count). The average Bonchev–Trinajstić information content (AvgIpc) is 1.95. The molecule has 0 saturated carbocycles. The van der Waals surface area contributed by atoms with Gasteiger partial charge in [-0.05, 0) is 20.8 Å². The van der Waals surface area contributed by atoms with Crippen molar-refractivity contribution in [3.63, 3.8) is 0 Å². The highest BCUT2D eigenvalue weighted by Gasteiger charge is 2.51. The molecule has 1 heterocycles. The number of carbonyl (C=O) groups is 1. The highest BCUT2D eigenvalue weighted by atomic mass is 32.2. The van der Waals surface area contributed by atoms with Crippen LogP contribution in [-0.4, -0.2) is 37.3 Å². The molecule has 0 bridgehead atoms. The Hall–Kier alpha value is -0.260. The summed E-state index contributed by atoms with van der Waals surface area (Å²) in [5.74, 6) is -0.778. The highest BCUT2D eigenvalue weighted by Crippen LogP contribution is 2.33. The topological polar surface area (TPSA) is 63.6 Å². The summed E-state index contributed by atoms with van der Waals surface area (Å²) in [7, 11) is 0. The minimum Gasteiger partial charge on any atom is -0.597 e. The van der Waals surface area contributed by atoms with Crippen molar-refractivity contribution in [1.82, 2.24) is 4.31 Å². The van der Waals surface area contributed by atoms with E-state index >= 15 is 0 Å². The lowest BCUT2D eigenvalue weighted by Gasteiger charge is -2.45. The fourth-order valence-electron chi connectivity index (χ4n) is 1.53. The molecule has 5 heteroatoms. The van der Waals surface area contributed by atoms with Gasteiger partial charge in [0.1, 0.15) is 4.75 Å². The molecule has 3 atom stereocenters. The molecule has 1 saturated heterocycles. The molecule has 1 fully saturated rings. The van der Waals surface area contributed by atoms with Crippen molar-refractivity contribution in [2.24, 2.45) is 5.92 Å². The van der Waals surface area contributed by atoms with Crippen molar-refractivity contribution >= 4 is 17.3 Å². The minimum atomic E-state index is -1.21. The summed E-state index contributed by atoms with van der Waals surface area (Å²) in [5, 5.41) is 8.91. The number of carboxylic acid groups (broad SMARTS) is 1. The van der Waals surface area contributed by atoms with Gasteiger partial charge in [-0.25, -0.2) is 0 Å². The predicted molar refractivity (Wildman–Crippen MR) is 55.2 cm³/mol. The monoisotopic (exact) mass is 219 g/mol.